The Balaban J connectivity index is 1.60. The Kier molecular flexibility index (Phi) is 5.24. The fourth-order valence-electron chi connectivity index (χ4n) is 3.37. The van der Waals surface area contributed by atoms with Crippen LogP contribution in [0.3, 0.4) is 0 Å². The molecule has 0 unspecified atom stereocenters. The zero-order valence-electron chi connectivity index (χ0n) is 15.9. The molecule has 1 atom stereocenters. The van der Waals surface area contributed by atoms with Crippen LogP contribution < -0.4 is 4.74 Å². The molecule has 2 aromatic carbocycles. The molecule has 0 amide bonds. The lowest BCUT2D eigenvalue weighted by atomic mass is 10.0. The van der Waals surface area contributed by atoms with Crippen molar-refractivity contribution in [2.45, 2.75) is 32.2 Å². The first kappa shape index (κ1) is 19.4. The van der Waals surface area contributed by atoms with E-state index in [-0.39, 0.29) is 6.04 Å². The summed E-state index contributed by atoms with van der Waals surface area (Å²) in [6.45, 7) is 3.86. The minimum atomic E-state index is -4.34. The Morgan fingerprint density at radius 3 is 2.41 bits per heavy atom. The number of hydrogen-bond acceptors (Lipinski definition) is 4. The molecule has 0 radical (unpaired) electrons. The predicted molar refractivity (Wildman–Crippen MR) is 103 cm³/mol. The second kappa shape index (κ2) is 7.83. The molecule has 1 aliphatic rings. The standard InChI is InChI=1S/C22H20F3N3O/c1-15-14-29-20-8-5-17(16-3-6-19(7-4-16)22(23,24)25)11-18(20)12-28(15)13-21-26-9-2-10-27-21/h2-11,15H,12-14H2,1H3/t15-/m1/s1. The first-order valence-electron chi connectivity index (χ1n) is 9.33. The summed E-state index contributed by atoms with van der Waals surface area (Å²) in [6.07, 6.45) is -0.897. The third-order valence-corrected chi connectivity index (χ3v) is 5.05. The first-order valence-corrected chi connectivity index (χ1v) is 9.33. The van der Waals surface area contributed by atoms with Crippen LogP contribution in [0.25, 0.3) is 11.1 Å². The van der Waals surface area contributed by atoms with Gasteiger partial charge in [-0.05, 0) is 48.4 Å². The predicted octanol–water partition coefficient (Wildman–Crippen LogP) is 4.95. The molecule has 4 rings (SSSR count). The van der Waals surface area contributed by atoms with Gasteiger partial charge < -0.3 is 4.74 Å². The van der Waals surface area contributed by atoms with Crippen LogP contribution in [0.1, 0.15) is 23.9 Å². The summed E-state index contributed by atoms with van der Waals surface area (Å²) >= 11 is 0. The van der Waals surface area contributed by atoms with Crippen molar-refractivity contribution in [3.8, 4) is 16.9 Å². The van der Waals surface area contributed by atoms with Crippen LogP contribution in [-0.2, 0) is 19.3 Å². The topological polar surface area (TPSA) is 38.2 Å². The average molecular weight is 399 g/mol. The molecule has 7 heteroatoms. The fraction of sp³-hybridized carbons (Fsp3) is 0.273. The van der Waals surface area contributed by atoms with Gasteiger partial charge in [0.15, 0.2) is 0 Å². The maximum Gasteiger partial charge on any atom is 0.416 e. The summed E-state index contributed by atoms with van der Waals surface area (Å²) < 4.78 is 44.4. The van der Waals surface area contributed by atoms with Gasteiger partial charge in [-0.15, -0.1) is 0 Å². The summed E-state index contributed by atoms with van der Waals surface area (Å²) in [6, 6.07) is 12.9. The van der Waals surface area contributed by atoms with Gasteiger partial charge in [0, 0.05) is 30.5 Å². The van der Waals surface area contributed by atoms with Gasteiger partial charge in [0.1, 0.15) is 18.2 Å². The minimum Gasteiger partial charge on any atom is -0.492 e. The van der Waals surface area contributed by atoms with Gasteiger partial charge in [-0.2, -0.15) is 13.2 Å². The lowest BCUT2D eigenvalue weighted by molar-refractivity contribution is -0.137. The Morgan fingerprint density at radius 1 is 1.03 bits per heavy atom. The number of hydrogen-bond donors (Lipinski definition) is 0. The molecule has 0 aliphatic carbocycles. The van der Waals surface area contributed by atoms with E-state index < -0.39 is 11.7 Å². The largest absolute Gasteiger partial charge is 0.492 e. The third-order valence-electron chi connectivity index (χ3n) is 5.05. The van der Waals surface area contributed by atoms with E-state index in [2.05, 4.69) is 21.8 Å². The van der Waals surface area contributed by atoms with Gasteiger partial charge in [-0.25, -0.2) is 9.97 Å². The van der Waals surface area contributed by atoms with E-state index in [9.17, 15) is 13.2 Å². The quantitative estimate of drug-likeness (QED) is 0.625. The lowest BCUT2D eigenvalue weighted by Crippen LogP contribution is -2.34. The van der Waals surface area contributed by atoms with Gasteiger partial charge in [-0.1, -0.05) is 18.2 Å². The summed E-state index contributed by atoms with van der Waals surface area (Å²) in [4.78, 5) is 10.8. The minimum absolute atomic E-state index is 0.167. The van der Waals surface area contributed by atoms with Crippen LogP contribution in [-0.4, -0.2) is 27.5 Å². The van der Waals surface area contributed by atoms with Gasteiger partial charge in [0.05, 0.1) is 12.1 Å². The van der Waals surface area contributed by atoms with Crippen LogP contribution in [0.5, 0.6) is 5.75 Å². The van der Waals surface area contributed by atoms with E-state index in [1.807, 2.05) is 18.2 Å². The van der Waals surface area contributed by atoms with Crippen molar-refractivity contribution in [1.82, 2.24) is 14.9 Å². The van der Waals surface area contributed by atoms with Crippen molar-refractivity contribution in [3.05, 3.63) is 77.9 Å². The van der Waals surface area contributed by atoms with Crippen LogP contribution >= 0.6 is 0 Å². The van der Waals surface area contributed by atoms with Crippen molar-refractivity contribution in [2.75, 3.05) is 6.61 Å². The van der Waals surface area contributed by atoms with Crippen LogP contribution in [0.4, 0.5) is 13.2 Å². The van der Waals surface area contributed by atoms with Crippen LogP contribution in [0.2, 0.25) is 0 Å². The van der Waals surface area contributed by atoms with Crippen molar-refractivity contribution < 1.29 is 17.9 Å². The number of rotatable bonds is 3. The van der Waals surface area contributed by atoms with Crippen molar-refractivity contribution in [3.63, 3.8) is 0 Å². The number of ether oxygens (including phenoxy) is 1. The zero-order chi connectivity index (χ0) is 20.4. The maximum absolute atomic E-state index is 12.8. The molecule has 0 spiro atoms. The summed E-state index contributed by atoms with van der Waals surface area (Å²) in [5, 5.41) is 0. The molecule has 150 valence electrons. The molecule has 2 heterocycles. The second-order valence-electron chi connectivity index (χ2n) is 7.13. The Bertz CT molecular complexity index is 975. The highest BCUT2D eigenvalue weighted by Gasteiger charge is 2.30. The van der Waals surface area contributed by atoms with Crippen molar-refractivity contribution in [1.29, 1.82) is 0 Å². The number of benzene rings is 2. The van der Waals surface area contributed by atoms with E-state index in [4.69, 9.17) is 4.74 Å². The molecule has 3 aromatic rings. The van der Waals surface area contributed by atoms with E-state index in [0.717, 1.165) is 40.4 Å². The monoisotopic (exact) mass is 399 g/mol. The highest BCUT2D eigenvalue weighted by molar-refractivity contribution is 5.66. The third kappa shape index (κ3) is 4.40. The molecule has 1 aliphatic heterocycles. The van der Waals surface area contributed by atoms with Crippen molar-refractivity contribution >= 4 is 0 Å². The molecular weight excluding hydrogens is 379 g/mol. The normalized spacial score (nSPS) is 17.3. The van der Waals surface area contributed by atoms with Gasteiger partial charge in [-0.3, -0.25) is 4.90 Å². The number of aromatic nitrogens is 2. The Hall–Kier alpha value is -2.93. The molecule has 0 N–H and O–H groups in total. The molecular formula is C22H20F3N3O. The number of alkyl halides is 3. The number of fused-ring (bicyclic) bond motifs is 1. The Labute approximate surface area is 167 Å². The van der Waals surface area contributed by atoms with Crippen LogP contribution in [0.15, 0.2) is 60.9 Å². The second-order valence-corrected chi connectivity index (χ2v) is 7.13. The van der Waals surface area contributed by atoms with E-state index in [1.165, 1.54) is 12.1 Å². The Morgan fingerprint density at radius 2 is 1.72 bits per heavy atom. The maximum atomic E-state index is 12.8. The zero-order valence-corrected chi connectivity index (χ0v) is 15.9. The van der Waals surface area contributed by atoms with Gasteiger partial charge in [0.2, 0.25) is 0 Å². The average Bonchev–Trinajstić information content (AvgIpc) is 2.87. The smallest absolute Gasteiger partial charge is 0.416 e. The summed E-state index contributed by atoms with van der Waals surface area (Å²) in [5.74, 6) is 1.53. The lowest BCUT2D eigenvalue weighted by Gasteiger charge is -2.25. The van der Waals surface area contributed by atoms with Crippen LogP contribution in [0, 0.1) is 0 Å². The molecule has 0 saturated heterocycles. The first-order chi connectivity index (χ1) is 13.9. The fourth-order valence-corrected chi connectivity index (χ4v) is 3.37. The molecule has 0 fully saturated rings. The van der Waals surface area contributed by atoms with Gasteiger partial charge in [0.25, 0.3) is 0 Å². The molecule has 0 saturated carbocycles. The number of nitrogens with zero attached hydrogens (tertiary/aromatic N) is 3. The molecule has 1 aromatic heterocycles. The van der Waals surface area contributed by atoms with E-state index in [1.54, 1.807) is 18.5 Å². The highest BCUT2D eigenvalue weighted by Crippen LogP contribution is 2.33. The van der Waals surface area contributed by atoms with Crippen molar-refractivity contribution in [2.24, 2.45) is 0 Å². The molecule has 4 nitrogen and oxygen atoms in total. The molecule has 29 heavy (non-hydrogen) atoms. The van der Waals surface area contributed by atoms with E-state index in [0.29, 0.717) is 19.7 Å². The van der Waals surface area contributed by atoms with Gasteiger partial charge >= 0.3 is 6.18 Å². The summed E-state index contributed by atoms with van der Waals surface area (Å²) in [7, 11) is 0. The molecule has 0 bridgehead atoms. The van der Waals surface area contributed by atoms with E-state index >= 15 is 0 Å². The summed E-state index contributed by atoms with van der Waals surface area (Å²) in [5.41, 5.74) is 1.92. The highest BCUT2D eigenvalue weighted by atomic mass is 19.4. The SMILES string of the molecule is C[C@@H]1COc2ccc(-c3ccc(C(F)(F)F)cc3)cc2CN1Cc1ncccn1. The number of halogens is 3.